The first-order chi connectivity index (χ1) is 15.1. The highest BCUT2D eigenvalue weighted by Crippen LogP contribution is 2.25. The summed E-state index contributed by atoms with van der Waals surface area (Å²) in [7, 11) is -4.22. The number of rotatable bonds is 12. The number of halogens is 2. The number of nitrogens with one attached hydrogen (secondary N) is 1. The largest absolute Gasteiger partial charge is 0.493 e. The highest BCUT2D eigenvalue weighted by atomic mass is 35.5. The predicted octanol–water partition coefficient (Wildman–Crippen LogP) is 1.94. The van der Waals surface area contributed by atoms with Crippen LogP contribution in [-0.4, -0.2) is 44.7 Å². The van der Waals surface area contributed by atoms with Gasteiger partial charge in [-0.1, -0.05) is 35.3 Å². The maximum atomic E-state index is 12.6. The van der Waals surface area contributed by atoms with Crippen LogP contribution >= 0.6 is 23.2 Å². The molecule has 0 saturated carbocycles. The van der Waals surface area contributed by atoms with Gasteiger partial charge in [-0.15, -0.1) is 0 Å². The Balaban J connectivity index is 1.97. The number of guanidine groups is 1. The highest BCUT2D eigenvalue weighted by molar-refractivity contribution is 7.89. The summed E-state index contributed by atoms with van der Waals surface area (Å²) in [5.74, 6) is -0.958. The third kappa shape index (κ3) is 8.08. The number of carboxylic acids is 1. The number of oxime groups is 1. The van der Waals surface area contributed by atoms with E-state index >= 15 is 0 Å². The van der Waals surface area contributed by atoms with Crippen molar-refractivity contribution in [3.63, 3.8) is 0 Å². The molecule has 0 radical (unpaired) electrons. The van der Waals surface area contributed by atoms with Gasteiger partial charge in [0.15, 0.2) is 0 Å². The van der Waals surface area contributed by atoms with Crippen LogP contribution in [0.1, 0.15) is 12.0 Å². The van der Waals surface area contributed by atoms with Gasteiger partial charge in [-0.05, 0) is 47.5 Å². The summed E-state index contributed by atoms with van der Waals surface area (Å²) in [5, 5.41) is 13.0. The molecule has 10 nitrogen and oxygen atoms in total. The maximum absolute atomic E-state index is 12.6. The Labute approximate surface area is 195 Å². The number of benzene rings is 2. The Kier molecular flexibility index (Phi) is 9.39. The second kappa shape index (κ2) is 11.8. The van der Waals surface area contributed by atoms with Gasteiger partial charge in [-0.2, -0.15) is 4.72 Å². The molecule has 0 fully saturated rings. The molecule has 0 spiro atoms. The second-order valence-electron chi connectivity index (χ2n) is 6.49. The molecule has 13 heteroatoms. The normalized spacial score (nSPS) is 12.1. The summed E-state index contributed by atoms with van der Waals surface area (Å²) >= 11 is 11.8. The minimum Gasteiger partial charge on any atom is -0.493 e. The summed E-state index contributed by atoms with van der Waals surface area (Å²) in [6.45, 7) is 0.615. The molecule has 32 heavy (non-hydrogen) atoms. The minimum absolute atomic E-state index is 0.0729. The average molecular weight is 505 g/mol. The van der Waals surface area contributed by atoms with Gasteiger partial charge in [0.05, 0.1) is 11.6 Å². The molecule has 2 rings (SSSR count). The van der Waals surface area contributed by atoms with Crippen molar-refractivity contribution in [2.45, 2.75) is 23.8 Å². The summed E-state index contributed by atoms with van der Waals surface area (Å²) in [6, 6.07) is 9.05. The molecule has 1 unspecified atom stereocenters. The summed E-state index contributed by atoms with van der Waals surface area (Å²) in [6.07, 6.45) is 0.437. The van der Waals surface area contributed by atoms with Crippen molar-refractivity contribution in [2.24, 2.45) is 16.6 Å². The zero-order valence-corrected chi connectivity index (χ0v) is 19.0. The van der Waals surface area contributed by atoms with E-state index in [-0.39, 0.29) is 33.9 Å². The van der Waals surface area contributed by atoms with Crippen molar-refractivity contribution < 1.29 is 27.9 Å². The van der Waals surface area contributed by atoms with Gasteiger partial charge in [0.25, 0.3) is 0 Å². The van der Waals surface area contributed by atoms with E-state index in [1.54, 1.807) is 24.3 Å². The Morgan fingerprint density at radius 3 is 2.44 bits per heavy atom. The van der Waals surface area contributed by atoms with Crippen LogP contribution in [0, 0.1) is 0 Å². The van der Waals surface area contributed by atoms with Crippen LogP contribution < -0.4 is 20.9 Å². The summed E-state index contributed by atoms with van der Waals surface area (Å²) < 4.78 is 32.9. The zero-order valence-electron chi connectivity index (χ0n) is 16.7. The van der Waals surface area contributed by atoms with E-state index in [9.17, 15) is 18.3 Å². The third-order valence-electron chi connectivity index (χ3n) is 3.96. The van der Waals surface area contributed by atoms with Crippen LogP contribution in [0.2, 0.25) is 10.0 Å². The van der Waals surface area contributed by atoms with Crippen molar-refractivity contribution in [1.82, 2.24) is 4.72 Å². The van der Waals surface area contributed by atoms with Gasteiger partial charge in [0.2, 0.25) is 16.0 Å². The molecule has 174 valence electrons. The fraction of sp³-hybridized carbons (Fsp3) is 0.263. The monoisotopic (exact) mass is 504 g/mol. The summed E-state index contributed by atoms with van der Waals surface area (Å²) in [4.78, 5) is 16.2. The van der Waals surface area contributed by atoms with Gasteiger partial charge >= 0.3 is 5.97 Å². The fourth-order valence-electron chi connectivity index (χ4n) is 2.50. The van der Waals surface area contributed by atoms with E-state index in [2.05, 4.69) is 9.88 Å². The van der Waals surface area contributed by atoms with Gasteiger partial charge in [0.1, 0.15) is 23.3 Å². The van der Waals surface area contributed by atoms with Crippen molar-refractivity contribution in [1.29, 1.82) is 0 Å². The first-order valence-electron chi connectivity index (χ1n) is 9.21. The molecule has 0 heterocycles. The molecular formula is C19H22Cl2N4O6S. The molecule has 2 aromatic rings. The number of nitrogens with two attached hydrogens (primary N) is 2. The predicted molar refractivity (Wildman–Crippen MR) is 120 cm³/mol. The van der Waals surface area contributed by atoms with Gasteiger partial charge in [0, 0.05) is 11.4 Å². The molecular weight excluding hydrogens is 483 g/mol. The van der Waals surface area contributed by atoms with E-state index in [0.29, 0.717) is 24.3 Å². The lowest BCUT2D eigenvalue weighted by Crippen LogP contribution is -2.42. The van der Waals surface area contributed by atoms with Gasteiger partial charge in [-0.25, -0.2) is 8.42 Å². The Morgan fingerprint density at radius 1 is 1.12 bits per heavy atom. The minimum atomic E-state index is -4.22. The Bertz CT molecular complexity index is 1060. The van der Waals surface area contributed by atoms with E-state index in [1.165, 1.54) is 12.1 Å². The average Bonchev–Trinajstić information content (AvgIpc) is 2.72. The smallest absolute Gasteiger partial charge is 0.322 e. The number of ether oxygens (including phenoxy) is 1. The van der Waals surface area contributed by atoms with Crippen LogP contribution in [0.4, 0.5) is 0 Å². The first-order valence-corrected chi connectivity index (χ1v) is 11.4. The first kappa shape index (κ1) is 25.5. The molecule has 1 atom stereocenters. The topological polar surface area (TPSA) is 166 Å². The number of nitrogens with zero attached hydrogens (tertiary/aromatic N) is 1. The van der Waals surface area contributed by atoms with Crippen LogP contribution in [0.25, 0.3) is 0 Å². The highest BCUT2D eigenvalue weighted by Gasteiger charge is 2.27. The number of hydrogen-bond donors (Lipinski definition) is 4. The Hall–Kier alpha value is -2.73. The maximum Gasteiger partial charge on any atom is 0.322 e. The lowest BCUT2D eigenvalue weighted by Gasteiger charge is -2.16. The number of sulfonamides is 1. The van der Waals surface area contributed by atoms with Crippen LogP contribution in [0.3, 0.4) is 0 Å². The molecule has 0 aromatic heterocycles. The lowest BCUT2D eigenvalue weighted by molar-refractivity contribution is -0.138. The lowest BCUT2D eigenvalue weighted by atomic mass is 10.1. The van der Waals surface area contributed by atoms with Gasteiger partial charge in [-0.3, -0.25) is 4.79 Å². The van der Waals surface area contributed by atoms with E-state index in [0.717, 1.165) is 6.07 Å². The number of carboxylic acid groups (broad SMARTS) is 1. The fourth-order valence-corrected chi connectivity index (χ4v) is 4.46. The molecule has 6 N–H and O–H groups in total. The van der Waals surface area contributed by atoms with Crippen molar-refractivity contribution >= 4 is 45.2 Å². The van der Waals surface area contributed by atoms with Crippen molar-refractivity contribution in [3.8, 4) is 5.75 Å². The third-order valence-corrected chi connectivity index (χ3v) is 6.15. The standard InChI is InChI=1S/C19H22Cl2N4O6S/c20-13-4-7-15(21)17(11-13)32(28,29)25-16(18(26)27)10-12-2-5-14(6-3-12)30-8-1-9-31-24-19(22)23/h2-7,11,16,25H,1,8-10H2,(H,26,27)(H4,22,23,24). The molecule has 0 amide bonds. The van der Waals surface area contributed by atoms with Crippen molar-refractivity contribution in [3.05, 3.63) is 58.1 Å². The Morgan fingerprint density at radius 2 is 1.81 bits per heavy atom. The van der Waals surface area contributed by atoms with Crippen LogP contribution in [0.15, 0.2) is 52.5 Å². The van der Waals surface area contributed by atoms with Crippen LogP contribution in [0.5, 0.6) is 5.75 Å². The molecule has 0 aliphatic carbocycles. The molecule has 0 aliphatic rings. The molecule has 0 aliphatic heterocycles. The van der Waals surface area contributed by atoms with E-state index < -0.39 is 22.0 Å². The van der Waals surface area contributed by atoms with Gasteiger partial charge < -0.3 is 26.1 Å². The van der Waals surface area contributed by atoms with E-state index in [1.807, 2.05) is 0 Å². The second-order valence-corrected chi connectivity index (χ2v) is 9.01. The number of carbonyl (C=O) groups is 1. The molecule has 0 saturated heterocycles. The quantitative estimate of drug-likeness (QED) is 0.147. The van der Waals surface area contributed by atoms with Crippen molar-refractivity contribution in [2.75, 3.05) is 13.2 Å². The zero-order chi connectivity index (χ0) is 23.7. The van der Waals surface area contributed by atoms with Crippen LogP contribution in [-0.2, 0) is 26.1 Å². The number of hydrogen-bond acceptors (Lipinski definition) is 6. The summed E-state index contributed by atoms with van der Waals surface area (Å²) in [5.41, 5.74) is 10.8. The molecule has 0 bridgehead atoms. The van der Waals surface area contributed by atoms with E-state index in [4.69, 9.17) is 44.2 Å². The molecule has 2 aromatic carbocycles. The SMILES string of the molecule is NC(N)=NOCCCOc1ccc(CC(NS(=O)(=O)c2cc(Cl)ccc2Cl)C(=O)O)cc1. The number of aliphatic carboxylic acids is 1.